The van der Waals surface area contributed by atoms with Crippen LogP contribution in [0.4, 0.5) is 24.9 Å². The van der Waals surface area contributed by atoms with E-state index in [9.17, 15) is 13.2 Å². The molecule has 2 aromatic carbocycles. The molecule has 0 aliphatic carbocycles. The smallest absolute Gasteiger partial charge is 0.383 e. The second-order valence-electron chi connectivity index (χ2n) is 7.30. The van der Waals surface area contributed by atoms with Crippen LogP contribution in [0.25, 0.3) is 28.0 Å². The van der Waals surface area contributed by atoms with Crippen LogP contribution in [0.3, 0.4) is 0 Å². The first kappa shape index (κ1) is 20.6. The second-order valence-corrected chi connectivity index (χ2v) is 7.30. The highest BCUT2D eigenvalue weighted by Crippen LogP contribution is 2.34. The van der Waals surface area contributed by atoms with Gasteiger partial charge in [0.05, 0.1) is 22.3 Å². The van der Waals surface area contributed by atoms with Crippen molar-refractivity contribution in [2.24, 2.45) is 0 Å². The Kier molecular flexibility index (Phi) is 5.04. The number of halogens is 3. The fourth-order valence-corrected chi connectivity index (χ4v) is 3.30. The highest BCUT2D eigenvalue weighted by atomic mass is 19.4. The maximum absolute atomic E-state index is 12.9. The summed E-state index contributed by atoms with van der Waals surface area (Å²) in [5.74, 6) is 0.751. The summed E-state index contributed by atoms with van der Waals surface area (Å²) in [4.78, 5) is 11.2. The van der Waals surface area contributed by atoms with Crippen molar-refractivity contribution in [2.75, 3.05) is 24.2 Å². The van der Waals surface area contributed by atoms with E-state index in [1.165, 1.54) is 16.8 Å². The van der Waals surface area contributed by atoms with Crippen molar-refractivity contribution in [2.45, 2.75) is 20.0 Å². The summed E-state index contributed by atoms with van der Waals surface area (Å²) >= 11 is 0. The van der Waals surface area contributed by atoms with Gasteiger partial charge in [-0.2, -0.15) is 18.2 Å². The molecule has 2 aromatic heterocycles. The first-order chi connectivity index (χ1) is 14.7. The number of alkyl halides is 3. The van der Waals surface area contributed by atoms with Gasteiger partial charge in [-0.15, -0.1) is 5.10 Å². The fraction of sp³-hybridized carbons (Fsp3) is 0.227. The predicted molar refractivity (Wildman–Crippen MR) is 115 cm³/mol. The van der Waals surface area contributed by atoms with Crippen molar-refractivity contribution < 1.29 is 13.2 Å². The highest BCUT2D eigenvalue weighted by Gasteiger charge is 2.30. The van der Waals surface area contributed by atoms with Crippen LogP contribution >= 0.6 is 0 Å². The molecule has 0 aliphatic heterocycles. The third-order valence-corrected chi connectivity index (χ3v) is 5.10. The minimum atomic E-state index is -4.41. The number of nitrogens with two attached hydrogens (primary N) is 1. The highest BCUT2D eigenvalue weighted by molar-refractivity contribution is 5.99. The minimum Gasteiger partial charge on any atom is -0.383 e. The summed E-state index contributed by atoms with van der Waals surface area (Å²) in [5.41, 5.74) is 9.00. The lowest BCUT2D eigenvalue weighted by molar-refractivity contribution is -0.137. The lowest BCUT2D eigenvalue weighted by Gasteiger charge is -2.15. The van der Waals surface area contributed by atoms with E-state index in [0.717, 1.165) is 23.3 Å². The van der Waals surface area contributed by atoms with E-state index in [1.54, 1.807) is 0 Å². The SMILES string of the molecule is CCN(C)c1nc(-c2cccc(C)c2)c2c(N)n(-c3ccc(C(F)(F)F)cc3)nc2n1. The molecule has 4 rings (SSSR count). The third kappa shape index (κ3) is 3.78. The maximum atomic E-state index is 12.9. The number of fused-ring (bicyclic) bond motifs is 1. The summed E-state index contributed by atoms with van der Waals surface area (Å²) < 4.78 is 40.2. The monoisotopic (exact) mass is 426 g/mol. The molecule has 0 radical (unpaired) electrons. The van der Waals surface area contributed by atoms with Gasteiger partial charge in [0, 0.05) is 19.2 Å². The van der Waals surface area contributed by atoms with Crippen LogP contribution in [-0.4, -0.2) is 33.3 Å². The third-order valence-electron chi connectivity index (χ3n) is 5.10. The van der Waals surface area contributed by atoms with Crippen LogP contribution in [0, 0.1) is 6.92 Å². The molecule has 0 amide bonds. The van der Waals surface area contributed by atoms with E-state index < -0.39 is 11.7 Å². The number of nitrogen functional groups attached to an aromatic ring is 1. The van der Waals surface area contributed by atoms with Crippen molar-refractivity contribution in [1.82, 2.24) is 19.7 Å². The van der Waals surface area contributed by atoms with Gasteiger partial charge in [-0.25, -0.2) is 9.67 Å². The largest absolute Gasteiger partial charge is 0.416 e. The lowest BCUT2D eigenvalue weighted by Crippen LogP contribution is -2.19. The van der Waals surface area contributed by atoms with Gasteiger partial charge >= 0.3 is 6.18 Å². The molecule has 0 atom stereocenters. The maximum Gasteiger partial charge on any atom is 0.416 e. The van der Waals surface area contributed by atoms with Crippen molar-refractivity contribution in [3.05, 3.63) is 59.7 Å². The molecule has 31 heavy (non-hydrogen) atoms. The average Bonchev–Trinajstić information content (AvgIpc) is 3.08. The first-order valence-corrected chi connectivity index (χ1v) is 9.71. The standard InChI is InChI=1S/C22H21F3N6/c1-4-30(3)21-27-18(14-7-5-6-13(2)12-14)17-19(26)31(29-20(17)28-21)16-10-8-15(9-11-16)22(23,24)25/h5-12H,4,26H2,1-3H3. The molecule has 160 valence electrons. The Labute approximate surface area is 177 Å². The zero-order valence-electron chi connectivity index (χ0n) is 17.3. The number of rotatable bonds is 4. The Morgan fingerprint density at radius 1 is 1.06 bits per heavy atom. The van der Waals surface area contributed by atoms with Gasteiger partial charge in [0.2, 0.25) is 5.95 Å². The van der Waals surface area contributed by atoms with Crippen LogP contribution in [0.5, 0.6) is 0 Å². The molecular weight excluding hydrogens is 405 g/mol. The van der Waals surface area contributed by atoms with E-state index in [2.05, 4.69) is 10.1 Å². The molecule has 2 N–H and O–H groups in total. The first-order valence-electron chi connectivity index (χ1n) is 9.71. The number of hydrogen-bond acceptors (Lipinski definition) is 5. The summed E-state index contributed by atoms with van der Waals surface area (Å²) in [7, 11) is 1.87. The van der Waals surface area contributed by atoms with Crippen molar-refractivity contribution >= 4 is 22.8 Å². The number of nitrogens with zero attached hydrogens (tertiary/aromatic N) is 5. The molecule has 0 aliphatic rings. The van der Waals surface area contributed by atoms with Gasteiger partial charge in [-0.3, -0.25) is 0 Å². The predicted octanol–water partition coefficient (Wildman–Crippen LogP) is 4.85. The Balaban J connectivity index is 1.94. The molecule has 0 spiro atoms. The van der Waals surface area contributed by atoms with Crippen LogP contribution < -0.4 is 10.6 Å². The molecule has 2 heterocycles. The number of anilines is 2. The van der Waals surface area contributed by atoms with Gasteiger partial charge in [0.25, 0.3) is 0 Å². The zero-order valence-corrected chi connectivity index (χ0v) is 17.3. The average molecular weight is 426 g/mol. The topological polar surface area (TPSA) is 72.9 Å². The molecule has 6 nitrogen and oxygen atoms in total. The van der Waals surface area contributed by atoms with E-state index in [-0.39, 0.29) is 5.82 Å². The Morgan fingerprint density at radius 2 is 1.77 bits per heavy atom. The van der Waals surface area contributed by atoms with Gasteiger partial charge in [-0.1, -0.05) is 23.8 Å². The number of aromatic nitrogens is 4. The van der Waals surface area contributed by atoms with Crippen LogP contribution in [0.15, 0.2) is 48.5 Å². The van der Waals surface area contributed by atoms with Gasteiger partial charge < -0.3 is 10.6 Å². The van der Waals surface area contributed by atoms with E-state index >= 15 is 0 Å². The normalized spacial score (nSPS) is 11.8. The van der Waals surface area contributed by atoms with Gasteiger partial charge in [0.1, 0.15) is 5.82 Å². The van der Waals surface area contributed by atoms with Gasteiger partial charge in [0.15, 0.2) is 5.65 Å². The Morgan fingerprint density at radius 3 is 2.39 bits per heavy atom. The number of aryl methyl sites for hydroxylation is 1. The molecule has 0 fully saturated rings. The van der Waals surface area contributed by atoms with Crippen LogP contribution in [0.2, 0.25) is 0 Å². The summed E-state index contributed by atoms with van der Waals surface area (Å²) in [6.45, 7) is 4.65. The molecule has 0 saturated carbocycles. The molecule has 0 unspecified atom stereocenters. The molecule has 4 aromatic rings. The van der Waals surface area contributed by atoms with E-state index in [0.29, 0.717) is 34.9 Å². The lowest BCUT2D eigenvalue weighted by atomic mass is 10.1. The summed E-state index contributed by atoms with van der Waals surface area (Å²) in [6, 6.07) is 12.5. The number of hydrogen-bond donors (Lipinski definition) is 1. The van der Waals surface area contributed by atoms with Crippen molar-refractivity contribution in [1.29, 1.82) is 0 Å². The van der Waals surface area contributed by atoms with Crippen LogP contribution in [-0.2, 0) is 6.18 Å². The fourth-order valence-electron chi connectivity index (χ4n) is 3.30. The quantitative estimate of drug-likeness (QED) is 0.505. The second kappa shape index (κ2) is 7.57. The molecular formula is C22H21F3N6. The van der Waals surface area contributed by atoms with Crippen LogP contribution in [0.1, 0.15) is 18.1 Å². The van der Waals surface area contributed by atoms with E-state index in [4.69, 9.17) is 10.7 Å². The molecule has 9 heteroatoms. The van der Waals surface area contributed by atoms with E-state index in [1.807, 2.05) is 50.1 Å². The Bertz CT molecular complexity index is 1240. The molecule has 0 saturated heterocycles. The van der Waals surface area contributed by atoms with Crippen molar-refractivity contribution in [3.63, 3.8) is 0 Å². The zero-order chi connectivity index (χ0) is 22.3. The minimum absolute atomic E-state index is 0.261. The van der Waals surface area contributed by atoms with Gasteiger partial charge in [-0.05, 0) is 44.2 Å². The summed E-state index contributed by atoms with van der Waals surface area (Å²) in [6.07, 6.45) is -4.41. The molecule has 0 bridgehead atoms. The number of benzene rings is 2. The summed E-state index contributed by atoms with van der Waals surface area (Å²) in [5, 5.41) is 5.05. The van der Waals surface area contributed by atoms with Crippen molar-refractivity contribution in [3.8, 4) is 16.9 Å². The Hall–Kier alpha value is -3.62.